The van der Waals surface area contributed by atoms with E-state index in [1.54, 1.807) is 0 Å². The van der Waals surface area contributed by atoms with Crippen molar-refractivity contribution in [3.8, 4) is 0 Å². The highest BCUT2D eigenvalue weighted by molar-refractivity contribution is 5.70. The van der Waals surface area contributed by atoms with Crippen LogP contribution in [0.15, 0.2) is 48.5 Å². The molecular weight excluding hydrogens is 781 g/mol. The predicted octanol–water partition coefficient (Wildman–Crippen LogP) is 12.8. The van der Waals surface area contributed by atoms with Crippen LogP contribution in [0.1, 0.15) is 221 Å². The second kappa shape index (κ2) is 22.9. The molecule has 2 fully saturated rings. The summed E-state index contributed by atoms with van der Waals surface area (Å²) in [5, 5.41) is 4.35. The van der Waals surface area contributed by atoms with Crippen LogP contribution < -0.4 is 0 Å². The maximum Gasteiger partial charge on any atom is 0.306 e. The zero-order chi connectivity index (χ0) is 45.9. The third kappa shape index (κ3) is 14.8. The zero-order valence-electron chi connectivity index (χ0n) is 41.1. The number of hydrogen-bond acceptors (Lipinski definition) is 10. The maximum absolute atomic E-state index is 12.7. The van der Waals surface area contributed by atoms with Gasteiger partial charge in [0.1, 0.15) is 24.4 Å². The smallest absolute Gasteiger partial charge is 0.306 e. The summed E-state index contributed by atoms with van der Waals surface area (Å²) in [4.78, 5) is 38.7. The van der Waals surface area contributed by atoms with E-state index in [1.165, 1.54) is 0 Å². The van der Waals surface area contributed by atoms with E-state index < -0.39 is 0 Å². The summed E-state index contributed by atoms with van der Waals surface area (Å²) in [5.74, 6) is -0.418. The summed E-state index contributed by atoms with van der Waals surface area (Å²) in [5.41, 5.74) is 3.34. The Hall–Kier alpha value is -2.86. The topological polar surface area (TPSA) is 96.0 Å². The van der Waals surface area contributed by atoms with Gasteiger partial charge in [-0.1, -0.05) is 75.2 Å². The van der Waals surface area contributed by atoms with Crippen LogP contribution in [-0.2, 0) is 38.2 Å². The highest BCUT2D eigenvalue weighted by Gasteiger charge is 2.49. The van der Waals surface area contributed by atoms with E-state index in [0.717, 1.165) is 86.8 Å². The van der Waals surface area contributed by atoms with Crippen molar-refractivity contribution < 1.29 is 38.2 Å². The van der Waals surface area contributed by atoms with Gasteiger partial charge in [0.25, 0.3) is 0 Å². The molecule has 0 amide bonds. The van der Waals surface area contributed by atoms with Crippen molar-refractivity contribution in [2.45, 2.75) is 233 Å². The van der Waals surface area contributed by atoms with Crippen molar-refractivity contribution in [2.24, 2.45) is 0 Å². The molecule has 0 aliphatic carbocycles. The molecule has 2 aromatic carbocycles. The number of rotatable bonds is 23. The largest absolute Gasteiger partial charge is 0.458 e. The first-order valence-electron chi connectivity index (χ1n) is 23.8. The SMILES string of the molecule is CCCOC1CC(C)(C)N(OC(C)c2ccc(C(C)OC(=O)CCCCCCC(=O)OC(C)c3ccc(C(C)ON4C(C)(C)CC(OCCC)CC4(C)C)cc3)cc2)C(C)(C)C1. The fourth-order valence-corrected chi connectivity index (χ4v) is 9.77. The molecule has 10 heteroatoms. The molecule has 0 bridgehead atoms. The number of carbonyl (C=O) groups excluding carboxylic acids is 2. The molecule has 62 heavy (non-hydrogen) atoms. The quantitative estimate of drug-likeness (QED) is 0.0793. The van der Waals surface area contributed by atoms with E-state index in [-0.39, 0.29) is 70.7 Å². The average molecular weight is 865 g/mol. The molecule has 4 atom stereocenters. The number of ether oxygens (including phenoxy) is 4. The average Bonchev–Trinajstić information content (AvgIpc) is 3.19. The molecule has 4 rings (SSSR count). The van der Waals surface area contributed by atoms with Gasteiger partial charge >= 0.3 is 11.9 Å². The number of piperidine rings is 2. The number of hydrogen-bond donors (Lipinski definition) is 0. The van der Waals surface area contributed by atoms with E-state index >= 15 is 0 Å². The monoisotopic (exact) mass is 865 g/mol. The lowest BCUT2D eigenvalue weighted by atomic mass is 9.80. The van der Waals surface area contributed by atoms with Crippen molar-refractivity contribution in [3.63, 3.8) is 0 Å². The normalized spacial score (nSPS) is 21.2. The van der Waals surface area contributed by atoms with Crippen molar-refractivity contribution in [2.75, 3.05) is 13.2 Å². The number of carbonyl (C=O) groups is 2. The Morgan fingerprint density at radius 2 is 0.774 bits per heavy atom. The highest BCUT2D eigenvalue weighted by atomic mass is 16.7. The fourth-order valence-electron chi connectivity index (χ4n) is 9.77. The van der Waals surface area contributed by atoms with Gasteiger partial charge in [0.15, 0.2) is 0 Å². The molecule has 2 aliphatic rings. The molecule has 2 aromatic rings. The van der Waals surface area contributed by atoms with E-state index in [4.69, 9.17) is 28.6 Å². The summed E-state index contributed by atoms with van der Waals surface area (Å²) >= 11 is 0. The molecular formula is C52H84N2O8. The van der Waals surface area contributed by atoms with Crippen LogP contribution in [0.3, 0.4) is 0 Å². The lowest BCUT2D eigenvalue weighted by Crippen LogP contribution is -2.62. The highest BCUT2D eigenvalue weighted by Crippen LogP contribution is 2.43. The van der Waals surface area contributed by atoms with Gasteiger partial charge in [0.05, 0.1) is 12.2 Å². The van der Waals surface area contributed by atoms with Gasteiger partial charge in [0, 0.05) is 48.2 Å². The molecule has 350 valence electrons. The molecule has 2 saturated heterocycles. The minimum absolute atomic E-state index is 0.141. The third-order valence-electron chi connectivity index (χ3n) is 12.6. The summed E-state index contributed by atoms with van der Waals surface area (Å²) in [6.07, 6.45) is 9.00. The van der Waals surface area contributed by atoms with Crippen LogP contribution >= 0.6 is 0 Å². The van der Waals surface area contributed by atoms with E-state index in [1.807, 2.05) is 38.1 Å². The van der Waals surface area contributed by atoms with Crippen LogP contribution in [0.4, 0.5) is 0 Å². The Morgan fingerprint density at radius 1 is 0.500 bits per heavy atom. The van der Waals surface area contributed by atoms with E-state index in [9.17, 15) is 9.59 Å². The lowest BCUT2D eigenvalue weighted by Gasteiger charge is -2.54. The van der Waals surface area contributed by atoms with Crippen molar-refractivity contribution in [1.29, 1.82) is 0 Å². The van der Waals surface area contributed by atoms with Gasteiger partial charge in [-0.2, -0.15) is 10.1 Å². The van der Waals surface area contributed by atoms with Crippen LogP contribution in [0, 0.1) is 0 Å². The van der Waals surface area contributed by atoms with Crippen molar-refractivity contribution >= 4 is 11.9 Å². The molecule has 2 aliphatic heterocycles. The number of nitrogens with zero attached hydrogens (tertiary/aromatic N) is 2. The minimum Gasteiger partial charge on any atom is -0.458 e. The summed E-state index contributed by atoms with van der Waals surface area (Å²) in [6, 6.07) is 16.4. The van der Waals surface area contributed by atoms with Crippen LogP contribution in [0.25, 0.3) is 0 Å². The first kappa shape index (κ1) is 51.8. The maximum atomic E-state index is 12.7. The first-order chi connectivity index (χ1) is 29.1. The summed E-state index contributed by atoms with van der Waals surface area (Å²) in [6.45, 7) is 31.7. The lowest BCUT2D eigenvalue weighted by molar-refractivity contribution is -0.315. The number of esters is 2. The second-order valence-corrected chi connectivity index (χ2v) is 20.6. The van der Waals surface area contributed by atoms with Gasteiger partial charge in [-0.15, -0.1) is 0 Å². The molecule has 0 saturated carbocycles. The second-order valence-electron chi connectivity index (χ2n) is 20.6. The molecule has 0 N–H and O–H groups in total. The fraction of sp³-hybridized carbons (Fsp3) is 0.731. The molecule has 2 heterocycles. The molecule has 4 unspecified atom stereocenters. The van der Waals surface area contributed by atoms with Gasteiger partial charge in [-0.05, 0) is 157 Å². The van der Waals surface area contributed by atoms with Crippen LogP contribution in [-0.4, -0.2) is 69.6 Å². The van der Waals surface area contributed by atoms with Gasteiger partial charge in [0.2, 0.25) is 0 Å². The number of benzene rings is 2. The molecule has 10 nitrogen and oxygen atoms in total. The first-order valence-corrected chi connectivity index (χ1v) is 23.8. The van der Waals surface area contributed by atoms with Crippen LogP contribution in [0.5, 0.6) is 0 Å². The standard InChI is InChI=1S/C52H84N2O8/c1-15-31-57-45-33-49(7,8)53(50(9,10)34-45)61-39(5)43-27-23-41(24-28-43)37(3)59-47(55)21-19-17-18-20-22-48(56)60-38(4)42-25-29-44(30-26-42)40(6)62-54-51(11,12)35-46(58-32-16-2)36-52(54,13)14/h23-30,37-40,45-46H,15-22,31-36H2,1-14H3. The molecule has 0 radical (unpaired) electrons. The molecule has 0 aromatic heterocycles. The van der Waals surface area contributed by atoms with Crippen molar-refractivity contribution in [3.05, 3.63) is 70.8 Å². The van der Waals surface area contributed by atoms with E-state index in [2.05, 4.69) is 117 Å². The Kier molecular flexibility index (Phi) is 19.1. The Labute approximate surface area is 376 Å². The Bertz CT molecular complexity index is 1510. The predicted molar refractivity (Wildman–Crippen MR) is 247 cm³/mol. The molecule has 0 spiro atoms. The Balaban J connectivity index is 1.12. The zero-order valence-corrected chi connectivity index (χ0v) is 41.1. The van der Waals surface area contributed by atoms with Gasteiger partial charge in [-0.3, -0.25) is 19.3 Å². The van der Waals surface area contributed by atoms with Crippen LogP contribution in [0.2, 0.25) is 0 Å². The summed E-state index contributed by atoms with van der Waals surface area (Å²) < 4.78 is 23.9. The minimum atomic E-state index is -0.351. The number of hydroxylamine groups is 4. The van der Waals surface area contributed by atoms with E-state index in [0.29, 0.717) is 25.7 Å². The van der Waals surface area contributed by atoms with Gasteiger partial charge < -0.3 is 18.9 Å². The van der Waals surface area contributed by atoms with Gasteiger partial charge in [-0.25, -0.2) is 0 Å². The van der Waals surface area contributed by atoms with Crippen molar-refractivity contribution in [1.82, 2.24) is 10.1 Å². The number of unbranched alkanes of at least 4 members (excludes halogenated alkanes) is 3. The Morgan fingerprint density at radius 3 is 1.05 bits per heavy atom. The summed E-state index contributed by atoms with van der Waals surface area (Å²) in [7, 11) is 0. The third-order valence-corrected chi connectivity index (χ3v) is 12.6.